The van der Waals surface area contributed by atoms with Crippen LogP contribution in [0.2, 0.25) is 0 Å². The van der Waals surface area contributed by atoms with Crippen molar-refractivity contribution in [3.8, 4) is 0 Å². The fourth-order valence-corrected chi connectivity index (χ4v) is 4.48. The number of rotatable bonds is 7. The van der Waals surface area contributed by atoms with Gasteiger partial charge in [0.25, 0.3) is 5.56 Å². The summed E-state index contributed by atoms with van der Waals surface area (Å²) in [6.07, 6.45) is 5.27. The highest BCUT2D eigenvalue weighted by atomic mass is 16.5. The van der Waals surface area contributed by atoms with Crippen LogP contribution in [0.1, 0.15) is 37.9 Å². The topological polar surface area (TPSA) is 78.5 Å². The minimum Gasteiger partial charge on any atom is -0.379 e. The Kier molecular flexibility index (Phi) is 7.12. The number of nitrogens with zero attached hydrogens (tertiary/aromatic N) is 3. The Morgan fingerprint density at radius 2 is 1.90 bits per heavy atom. The van der Waals surface area contributed by atoms with Crippen molar-refractivity contribution in [3.63, 3.8) is 0 Å². The molecule has 1 aromatic heterocycles. The highest BCUT2D eigenvalue weighted by Crippen LogP contribution is 2.22. The van der Waals surface area contributed by atoms with Gasteiger partial charge in [0, 0.05) is 39.0 Å². The Bertz CT molecular complexity index is 899. The van der Waals surface area contributed by atoms with E-state index >= 15 is 0 Å². The van der Waals surface area contributed by atoms with E-state index in [9.17, 15) is 9.59 Å². The highest BCUT2D eigenvalue weighted by molar-refractivity contribution is 5.77. The summed E-state index contributed by atoms with van der Waals surface area (Å²) in [4.78, 5) is 36.6. The van der Waals surface area contributed by atoms with Gasteiger partial charge in [0.1, 0.15) is 5.82 Å². The van der Waals surface area contributed by atoms with E-state index in [1.165, 1.54) is 6.42 Å². The van der Waals surface area contributed by atoms with Crippen LogP contribution in [0.25, 0.3) is 10.9 Å². The molecule has 0 radical (unpaired) electrons. The maximum Gasteiger partial charge on any atom is 0.258 e. The van der Waals surface area contributed by atoms with Crippen molar-refractivity contribution in [1.82, 2.24) is 19.8 Å². The molecule has 30 heavy (non-hydrogen) atoms. The Morgan fingerprint density at radius 1 is 1.13 bits per heavy atom. The average molecular weight is 413 g/mol. The second-order valence-electron chi connectivity index (χ2n) is 8.45. The number of aromatic nitrogens is 2. The van der Waals surface area contributed by atoms with Gasteiger partial charge in [0.2, 0.25) is 5.91 Å². The van der Waals surface area contributed by atoms with E-state index in [4.69, 9.17) is 4.74 Å². The number of aryl methyl sites for hydroxylation is 1. The van der Waals surface area contributed by atoms with Crippen LogP contribution >= 0.6 is 0 Å². The number of hydrogen-bond acceptors (Lipinski definition) is 5. The van der Waals surface area contributed by atoms with Gasteiger partial charge in [-0.2, -0.15) is 0 Å². The highest BCUT2D eigenvalue weighted by Gasteiger charge is 2.23. The number of morpholine rings is 1. The van der Waals surface area contributed by atoms with Crippen molar-refractivity contribution in [3.05, 3.63) is 40.4 Å². The Hall–Kier alpha value is -2.25. The van der Waals surface area contributed by atoms with Gasteiger partial charge in [-0.25, -0.2) is 4.98 Å². The molecule has 0 spiro atoms. The lowest BCUT2D eigenvalue weighted by Gasteiger charge is -2.34. The number of amides is 1. The van der Waals surface area contributed by atoms with Gasteiger partial charge in [0.15, 0.2) is 0 Å². The third kappa shape index (κ3) is 5.46. The molecule has 0 atom stereocenters. The van der Waals surface area contributed by atoms with Crippen molar-refractivity contribution >= 4 is 16.8 Å². The first-order chi connectivity index (χ1) is 14.7. The van der Waals surface area contributed by atoms with Gasteiger partial charge in [-0.3, -0.25) is 14.5 Å². The van der Waals surface area contributed by atoms with E-state index in [0.717, 1.165) is 64.7 Å². The van der Waals surface area contributed by atoms with Crippen LogP contribution in [0.4, 0.5) is 0 Å². The first kappa shape index (κ1) is 21.0. The van der Waals surface area contributed by atoms with E-state index in [1.807, 2.05) is 23.1 Å². The molecule has 3 heterocycles. The number of carbonyl (C=O) groups excluding carboxylic acids is 1. The lowest BCUT2D eigenvalue weighted by Crippen LogP contribution is -2.40. The smallest absolute Gasteiger partial charge is 0.258 e. The largest absolute Gasteiger partial charge is 0.379 e. The van der Waals surface area contributed by atoms with Crippen LogP contribution in [0.3, 0.4) is 0 Å². The maximum atomic E-state index is 12.6. The summed E-state index contributed by atoms with van der Waals surface area (Å²) in [6.45, 7) is 6.71. The van der Waals surface area contributed by atoms with Crippen molar-refractivity contribution in [2.75, 3.05) is 45.9 Å². The number of aromatic amines is 1. The maximum absolute atomic E-state index is 12.6. The summed E-state index contributed by atoms with van der Waals surface area (Å²) in [5.74, 6) is 1.61. The van der Waals surface area contributed by atoms with E-state index in [-0.39, 0.29) is 11.5 Å². The zero-order valence-electron chi connectivity index (χ0n) is 17.6. The van der Waals surface area contributed by atoms with E-state index in [2.05, 4.69) is 14.9 Å². The fraction of sp³-hybridized carbons (Fsp3) is 0.609. The molecule has 4 rings (SSSR count). The molecule has 0 bridgehead atoms. The Labute approximate surface area is 177 Å². The Balaban J connectivity index is 1.18. The molecule has 1 N–H and O–H groups in total. The lowest BCUT2D eigenvalue weighted by molar-refractivity contribution is -0.132. The minimum atomic E-state index is -0.110. The summed E-state index contributed by atoms with van der Waals surface area (Å²) >= 11 is 0. The molecular formula is C23H32N4O3. The molecule has 7 heteroatoms. The van der Waals surface area contributed by atoms with Crippen LogP contribution in [0, 0.1) is 5.92 Å². The first-order valence-corrected chi connectivity index (χ1v) is 11.2. The molecule has 2 aliphatic rings. The zero-order valence-corrected chi connectivity index (χ0v) is 17.6. The van der Waals surface area contributed by atoms with Crippen molar-refractivity contribution in [2.45, 2.75) is 38.5 Å². The molecule has 1 aromatic carbocycles. The number of fused-ring (bicyclic) bond motifs is 1. The third-order valence-electron chi connectivity index (χ3n) is 6.39. The van der Waals surface area contributed by atoms with E-state index < -0.39 is 0 Å². The zero-order chi connectivity index (χ0) is 20.8. The van der Waals surface area contributed by atoms with Crippen LogP contribution in [-0.2, 0) is 16.0 Å². The summed E-state index contributed by atoms with van der Waals surface area (Å²) in [6, 6.07) is 7.34. The molecule has 0 saturated carbocycles. The molecule has 162 valence electrons. The number of piperidine rings is 1. The van der Waals surface area contributed by atoms with Crippen LogP contribution < -0.4 is 5.56 Å². The second-order valence-corrected chi connectivity index (χ2v) is 8.45. The number of para-hydroxylation sites is 1. The number of H-pyrrole nitrogens is 1. The van der Waals surface area contributed by atoms with E-state index in [1.54, 1.807) is 6.07 Å². The fourth-order valence-electron chi connectivity index (χ4n) is 4.48. The lowest BCUT2D eigenvalue weighted by atomic mass is 9.93. The minimum absolute atomic E-state index is 0.110. The number of likely N-dealkylation sites (tertiary alicyclic amines) is 1. The summed E-state index contributed by atoms with van der Waals surface area (Å²) in [7, 11) is 0. The predicted octanol–water partition coefficient (Wildman–Crippen LogP) is 2.21. The van der Waals surface area contributed by atoms with Crippen molar-refractivity contribution in [2.24, 2.45) is 5.92 Å². The number of hydrogen-bond donors (Lipinski definition) is 1. The molecule has 0 unspecified atom stereocenters. The monoisotopic (exact) mass is 412 g/mol. The number of carbonyl (C=O) groups is 1. The summed E-state index contributed by atoms with van der Waals surface area (Å²) < 4.78 is 5.41. The number of ether oxygens (including phenoxy) is 1. The second kappa shape index (κ2) is 10.2. The van der Waals surface area contributed by atoms with Crippen molar-refractivity contribution < 1.29 is 9.53 Å². The van der Waals surface area contributed by atoms with Gasteiger partial charge >= 0.3 is 0 Å². The standard InChI is InChI=1S/C23H32N4O3/c28-22(7-3-6-21-24-20-5-2-1-4-19(20)23(29)25-21)27-12-9-18(10-13-27)8-11-26-14-16-30-17-15-26/h1-2,4-5,18H,3,6-17H2,(H,24,25,29). The normalized spacial score (nSPS) is 18.7. The van der Waals surface area contributed by atoms with Gasteiger partial charge in [-0.1, -0.05) is 12.1 Å². The molecule has 0 aliphatic carbocycles. The molecule has 7 nitrogen and oxygen atoms in total. The molecule has 2 aromatic rings. The molecule has 1 amide bonds. The van der Waals surface area contributed by atoms with Gasteiger partial charge in [0.05, 0.1) is 24.1 Å². The van der Waals surface area contributed by atoms with Crippen LogP contribution in [0.15, 0.2) is 29.1 Å². The van der Waals surface area contributed by atoms with Crippen molar-refractivity contribution in [1.29, 1.82) is 0 Å². The molecule has 2 fully saturated rings. The number of benzene rings is 1. The average Bonchev–Trinajstić information content (AvgIpc) is 2.79. The first-order valence-electron chi connectivity index (χ1n) is 11.2. The van der Waals surface area contributed by atoms with E-state index in [0.29, 0.717) is 36.0 Å². The number of nitrogens with one attached hydrogen (secondary N) is 1. The molecule has 2 saturated heterocycles. The summed E-state index contributed by atoms with van der Waals surface area (Å²) in [5.41, 5.74) is 0.600. The predicted molar refractivity (Wildman–Crippen MR) is 116 cm³/mol. The third-order valence-corrected chi connectivity index (χ3v) is 6.39. The van der Waals surface area contributed by atoms with Gasteiger partial charge in [-0.05, 0) is 50.3 Å². The molecular weight excluding hydrogens is 380 g/mol. The molecule has 2 aliphatic heterocycles. The van der Waals surface area contributed by atoms with Crippen LogP contribution in [0.5, 0.6) is 0 Å². The SMILES string of the molecule is O=C(CCCc1nc2ccccc2c(=O)[nH]1)N1CCC(CCN2CCOCC2)CC1. The Morgan fingerprint density at radius 3 is 2.70 bits per heavy atom. The summed E-state index contributed by atoms with van der Waals surface area (Å²) in [5, 5.41) is 0.605. The van der Waals surface area contributed by atoms with Gasteiger partial charge in [-0.15, -0.1) is 0 Å². The quantitative estimate of drug-likeness (QED) is 0.754. The van der Waals surface area contributed by atoms with Crippen LogP contribution in [-0.4, -0.2) is 71.6 Å². The van der Waals surface area contributed by atoms with Gasteiger partial charge < -0.3 is 14.6 Å².